The molecule has 1 atom stereocenters. The van der Waals surface area contributed by atoms with Crippen LogP contribution in [-0.4, -0.2) is 31.6 Å². The summed E-state index contributed by atoms with van der Waals surface area (Å²) in [5, 5.41) is 9.09. The molecule has 0 bridgehead atoms. The van der Waals surface area contributed by atoms with E-state index < -0.39 is 0 Å². The largest absolute Gasteiger partial charge is 0.493 e. The Morgan fingerprint density at radius 2 is 1.88 bits per heavy atom. The van der Waals surface area contributed by atoms with E-state index in [-0.39, 0.29) is 11.9 Å². The lowest BCUT2D eigenvalue weighted by Gasteiger charge is -2.41. The third-order valence-electron chi connectivity index (χ3n) is 5.15. The average Bonchev–Trinajstić information content (AvgIpc) is 2.66. The van der Waals surface area contributed by atoms with Crippen LogP contribution >= 0.6 is 0 Å². The second kappa shape index (κ2) is 5.82. The van der Waals surface area contributed by atoms with Crippen LogP contribution < -0.4 is 9.47 Å². The Labute approximate surface area is 146 Å². The van der Waals surface area contributed by atoms with Crippen molar-refractivity contribution in [2.75, 3.05) is 20.8 Å². The van der Waals surface area contributed by atoms with E-state index in [0.717, 1.165) is 29.7 Å². The van der Waals surface area contributed by atoms with Gasteiger partial charge in [0.2, 0.25) is 0 Å². The summed E-state index contributed by atoms with van der Waals surface area (Å²) in [4.78, 5) is 14.9. The second-order valence-electron chi connectivity index (χ2n) is 6.36. The van der Waals surface area contributed by atoms with Gasteiger partial charge in [0.05, 0.1) is 31.9 Å². The number of nitriles is 1. The van der Waals surface area contributed by atoms with Gasteiger partial charge >= 0.3 is 0 Å². The number of carbonyl (C=O) groups is 1. The zero-order chi connectivity index (χ0) is 17.6. The fourth-order valence-electron chi connectivity index (χ4n) is 3.88. The summed E-state index contributed by atoms with van der Waals surface area (Å²) in [5.41, 5.74) is 4.48. The van der Waals surface area contributed by atoms with E-state index in [4.69, 9.17) is 14.7 Å². The van der Waals surface area contributed by atoms with Gasteiger partial charge in [-0.2, -0.15) is 5.26 Å². The first-order valence-electron chi connectivity index (χ1n) is 8.25. The van der Waals surface area contributed by atoms with Gasteiger partial charge in [-0.1, -0.05) is 6.07 Å². The number of rotatable bonds is 2. The Morgan fingerprint density at radius 3 is 2.60 bits per heavy atom. The van der Waals surface area contributed by atoms with E-state index in [0.29, 0.717) is 23.4 Å². The second-order valence-corrected chi connectivity index (χ2v) is 6.36. The minimum atomic E-state index is -0.00325. The molecule has 0 radical (unpaired) electrons. The van der Waals surface area contributed by atoms with Crippen LogP contribution in [0.5, 0.6) is 11.5 Å². The minimum Gasteiger partial charge on any atom is -0.493 e. The zero-order valence-electron chi connectivity index (χ0n) is 14.2. The van der Waals surface area contributed by atoms with E-state index in [1.54, 1.807) is 26.4 Å². The summed E-state index contributed by atoms with van der Waals surface area (Å²) >= 11 is 0. The van der Waals surface area contributed by atoms with Crippen LogP contribution in [0.4, 0.5) is 0 Å². The van der Waals surface area contributed by atoms with Gasteiger partial charge in [0.15, 0.2) is 11.5 Å². The van der Waals surface area contributed by atoms with Crippen LogP contribution in [0.25, 0.3) is 0 Å². The Balaban J connectivity index is 1.81. The predicted octanol–water partition coefficient (Wildman–Crippen LogP) is 2.87. The van der Waals surface area contributed by atoms with Crippen LogP contribution in [-0.2, 0) is 12.8 Å². The molecule has 5 heteroatoms. The van der Waals surface area contributed by atoms with Crippen molar-refractivity contribution in [2.45, 2.75) is 18.9 Å². The molecule has 2 heterocycles. The van der Waals surface area contributed by atoms with E-state index in [2.05, 4.69) is 6.07 Å². The quantitative estimate of drug-likeness (QED) is 0.847. The van der Waals surface area contributed by atoms with Crippen molar-refractivity contribution in [3.63, 3.8) is 0 Å². The SMILES string of the molecule is COc1cc2c(cc1OC)[C@H]1Cc3ccc(C#N)cc3C(=O)N1CC2. The average molecular weight is 334 g/mol. The molecule has 1 amide bonds. The van der Waals surface area contributed by atoms with E-state index >= 15 is 0 Å². The molecule has 0 saturated carbocycles. The highest BCUT2D eigenvalue weighted by molar-refractivity contribution is 5.97. The molecule has 0 aliphatic carbocycles. The lowest BCUT2D eigenvalue weighted by atomic mass is 9.83. The van der Waals surface area contributed by atoms with Gasteiger partial charge in [0.1, 0.15) is 0 Å². The van der Waals surface area contributed by atoms with Crippen molar-refractivity contribution in [1.29, 1.82) is 5.26 Å². The number of amides is 1. The zero-order valence-corrected chi connectivity index (χ0v) is 14.2. The van der Waals surface area contributed by atoms with Crippen molar-refractivity contribution >= 4 is 5.91 Å². The number of hydrogen-bond acceptors (Lipinski definition) is 4. The van der Waals surface area contributed by atoms with Crippen LogP contribution in [0.3, 0.4) is 0 Å². The summed E-state index contributed by atoms with van der Waals surface area (Å²) in [6, 6.07) is 11.5. The van der Waals surface area contributed by atoms with Crippen LogP contribution in [0.15, 0.2) is 30.3 Å². The standard InChI is InChI=1S/C20H18N2O3/c1-24-18-9-14-5-6-22-17(15(14)10-19(18)25-2)8-13-4-3-12(11-21)7-16(13)20(22)23/h3-4,7,9-10,17H,5-6,8H2,1-2H3/t17-/m1/s1. The van der Waals surface area contributed by atoms with Crippen molar-refractivity contribution < 1.29 is 14.3 Å². The summed E-state index contributed by atoms with van der Waals surface area (Å²) in [7, 11) is 3.25. The monoisotopic (exact) mass is 334 g/mol. The molecule has 0 unspecified atom stereocenters. The number of fused-ring (bicyclic) bond motifs is 4. The highest BCUT2D eigenvalue weighted by atomic mass is 16.5. The normalized spacial score (nSPS) is 17.9. The van der Waals surface area contributed by atoms with Crippen molar-refractivity contribution in [1.82, 2.24) is 4.90 Å². The lowest BCUT2D eigenvalue weighted by Crippen LogP contribution is -2.44. The van der Waals surface area contributed by atoms with Gasteiger partial charge in [-0.3, -0.25) is 4.79 Å². The fourth-order valence-corrected chi connectivity index (χ4v) is 3.88. The Bertz CT molecular complexity index is 914. The van der Waals surface area contributed by atoms with E-state index in [1.165, 1.54) is 5.56 Å². The van der Waals surface area contributed by atoms with Gasteiger partial charge in [0.25, 0.3) is 5.91 Å². The Hall–Kier alpha value is -3.00. The molecule has 2 aliphatic rings. The number of benzene rings is 2. The molecular formula is C20H18N2O3. The number of methoxy groups -OCH3 is 2. The van der Waals surface area contributed by atoms with Gasteiger partial charge in [0, 0.05) is 12.1 Å². The van der Waals surface area contributed by atoms with Crippen molar-refractivity contribution in [2.24, 2.45) is 0 Å². The van der Waals surface area contributed by atoms with E-state index in [1.807, 2.05) is 23.1 Å². The van der Waals surface area contributed by atoms with Gasteiger partial charge in [-0.15, -0.1) is 0 Å². The number of hydrogen-bond donors (Lipinski definition) is 0. The summed E-state index contributed by atoms with van der Waals surface area (Å²) < 4.78 is 10.8. The van der Waals surface area contributed by atoms with Crippen molar-refractivity contribution in [3.05, 3.63) is 58.1 Å². The van der Waals surface area contributed by atoms with E-state index in [9.17, 15) is 4.79 Å². The maximum atomic E-state index is 13.0. The molecule has 0 spiro atoms. The minimum absolute atomic E-state index is 0.00325. The topological polar surface area (TPSA) is 62.6 Å². The molecule has 2 aliphatic heterocycles. The molecule has 4 rings (SSSR count). The van der Waals surface area contributed by atoms with Gasteiger partial charge in [-0.25, -0.2) is 0 Å². The van der Waals surface area contributed by atoms with Gasteiger partial charge in [-0.05, 0) is 53.8 Å². The molecule has 0 saturated heterocycles. The molecule has 126 valence electrons. The van der Waals surface area contributed by atoms with Crippen molar-refractivity contribution in [3.8, 4) is 17.6 Å². The Morgan fingerprint density at radius 1 is 1.12 bits per heavy atom. The summed E-state index contributed by atoms with van der Waals surface area (Å²) in [5.74, 6) is 1.40. The number of nitrogens with zero attached hydrogens (tertiary/aromatic N) is 2. The van der Waals surface area contributed by atoms with Crippen LogP contribution in [0.1, 0.15) is 38.7 Å². The highest BCUT2D eigenvalue weighted by Crippen LogP contribution is 2.42. The molecule has 2 aromatic rings. The first-order valence-corrected chi connectivity index (χ1v) is 8.25. The first kappa shape index (κ1) is 15.5. The molecule has 0 fully saturated rings. The third kappa shape index (κ3) is 2.33. The molecular weight excluding hydrogens is 316 g/mol. The molecule has 0 N–H and O–H groups in total. The van der Waals surface area contributed by atoms with Crippen LogP contribution in [0.2, 0.25) is 0 Å². The van der Waals surface area contributed by atoms with Crippen LogP contribution in [0, 0.1) is 11.3 Å². The Kier molecular flexibility index (Phi) is 3.61. The molecule has 2 aromatic carbocycles. The maximum absolute atomic E-state index is 13.0. The molecule has 5 nitrogen and oxygen atoms in total. The first-order chi connectivity index (χ1) is 12.2. The summed E-state index contributed by atoms with van der Waals surface area (Å²) in [6.07, 6.45) is 1.53. The number of carbonyl (C=O) groups excluding carboxylic acids is 1. The summed E-state index contributed by atoms with van der Waals surface area (Å²) in [6.45, 7) is 0.669. The van der Waals surface area contributed by atoms with Gasteiger partial charge < -0.3 is 14.4 Å². The fraction of sp³-hybridized carbons (Fsp3) is 0.300. The predicted molar refractivity (Wildman–Crippen MR) is 91.9 cm³/mol. The number of ether oxygens (including phenoxy) is 2. The third-order valence-corrected chi connectivity index (χ3v) is 5.15. The highest BCUT2D eigenvalue weighted by Gasteiger charge is 2.37. The maximum Gasteiger partial charge on any atom is 0.254 e. The molecule has 0 aromatic heterocycles. The smallest absolute Gasteiger partial charge is 0.254 e. The molecule has 25 heavy (non-hydrogen) atoms. The lowest BCUT2D eigenvalue weighted by molar-refractivity contribution is 0.0631.